The van der Waals surface area contributed by atoms with Crippen molar-refractivity contribution in [3.8, 4) is 6.07 Å². The second kappa shape index (κ2) is 10.2. The third-order valence-electron chi connectivity index (χ3n) is 5.38. The number of rotatable bonds is 7. The van der Waals surface area contributed by atoms with Crippen LogP contribution in [-0.2, 0) is 28.9 Å². The molecule has 0 spiro atoms. The van der Waals surface area contributed by atoms with E-state index in [1.54, 1.807) is 25.1 Å². The van der Waals surface area contributed by atoms with E-state index in [-0.39, 0.29) is 25.0 Å². The fourth-order valence-electron chi connectivity index (χ4n) is 3.59. The first kappa shape index (κ1) is 22.4. The molecule has 0 radical (unpaired) electrons. The van der Waals surface area contributed by atoms with Crippen molar-refractivity contribution in [1.82, 2.24) is 10.5 Å². The quantitative estimate of drug-likeness (QED) is 0.499. The molecule has 1 aliphatic rings. The van der Waals surface area contributed by atoms with Gasteiger partial charge in [0, 0.05) is 16.5 Å². The van der Waals surface area contributed by atoms with Crippen LogP contribution >= 0.6 is 11.3 Å². The standard InChI is InChI=1S/C23H22N4O5S/c1-14-16(13-32-27-14)11-25-23(29)31-12-15-4-6-18-19(10-24)22(33-20(18)9-15)26-21(28)7-5-17-3-2-8-30-17/h2-3,5,7-8,13,15H,4,6,9,11-12H2,1H3,(H,25,29)(H,26,28)/b7-5+. The average Bonchev–Trinajstić information content (AvgIpc) is 3.54. The summed E-state index contributed by atoms with van der Waals surface area (Å²) in [6.07, 6.45) is 7.63. The molecular weight excluding hydrogens is 444 g/mol. The first-order valence-corrected chi connectivity index (χ1v) is 11.2. The van der Waals surface area contributed by atoms with Gasteiger partial charge in [-0.05, 0) is 55.9 Å². The molecule has 1 aliphatic carbocycles. The molecule has 0 aromatic carbocycles. The molecule has 0 bridgehead atoms. The largest absolute Gasteiger partial charge is 0.465 e. The lowest BCUT2D eigenvalue weighted by Gasteiger charge is -2.21. The number of anilines is 1. The Balaban J connectivity index is 1.31. The Bertz CT molecular complexity index is 1200. The third-order valence-corrected chi connectivity index (χ3v) is 6.55. The number of amides is 2. The van der Waals surface area contributed by atoms with Crippen molar-refractivity contribution in [3.63, 3.8) is 0 Å². The molecule has 0 fully saturated rings. The van der Waals surface area contributed by atoms with Gasteiger partial charge in [-0.1, -0.05) is 5.16 Å². The van der Waals surface area contributed by atoms with Crippen LogP contribution in [0.1, 0.15) is 39.4 Å². The summed E-state index contributed by atoms with van der Waals surface area (Å²) >= 11 is 1.40. The lowest BCUT2D eigenvalue weighted by atomic mass is 9.88. The number of hydrogen-bond donors (Lipinski definition) is 2. The predicted molar refractivity (Wildman–Crippen MR) is 120 cm³/mol. The number of fused-ring (bicyclic) bond motifs is 1. The van der Waals surface area contributed by atoms with E-state index < -0.39 is 6.09 Å². The molecule has 1 atom stereocenters. The van der Waals surface area contributed by atoms with Crippen molar-refractivity contribution in [2.75, 3.05) is 11.9 Å². The second-order valence-electron chi connectivity index (χ2n) is 7.64. The van der Waals surface area contributed by atoms with Crippen molar-refractivity contribution >= 4 is 34.4 Å². The van der Waals surface area contributed by atoms with Gasteiger partial charge in [-0.3, -0.25) is 4.79 Å². The molecule has 1 unspecified atom stereocenters. The smallest absolute Gasteiger partial charge is 0.407 e. The number of furan rings is 1. The van der Waals surface area contributed by atoms with E-state index in [1.807, 2.05) is 0 Å². The topological polar surface area (TPSA) is 130 Å². The van der Waals surface area contributed by atoms with Crippen molar-refractivity contribution in [2.24, 2.45) is 5.92 Å². The van der Waals surface area contributed by atoms with Gasteiger partial charge in [0.25, 0.3) is 0 Å². The SMILES string of the molecule is Cc1nocc1CNC(=O)OCC1CCc2c(sc(NC(=O)/C=C/c3ccco3)c2C#N)C1. The first-order valence-electron chi connectivity index (χ1n) is 10.4. The number of aryl methyl sites for hydroxylation is 1. The minimum absolute atomic E-state index is 0.146. The molecular formula is C23H22N4O5S. The maximum atomic E-state index is 12.3. The highest BCUT2D eigenvalue weighted by Crippen LogP contribution is 2.39. The highest BCUT2D eigenvalue weighted by molar-refractivity contribution is 7.16. The predicted octanol–water partition coefficient (Wildman–Crippen LogP) is 4.19. The van der Waals surface area contributed by atoms with E-state index in [1.165, 1.54) is 29.9 Å². The molecule has 4 rings (SSSR count). The van der Waals surface area contributed by atoms with E-state index in [2.05, 4.69) is 21.9 Å². The fraction of sp³-hybridized carbons (Fsp3) is 0.304. The molecule has 33 heavy (non-hydrogen) atoms. The summed E-state index contributed by atoms with van der Waals surface area (Å²) < 4.78 is 15.4. The van der Waals surface area contributed by atoms with Gasteiger partial charge in [-0.15, -0.1) is 11.3 Å². The van der Waals surface area contributed by atoms with Crippen LogP contribution in [0.5, 0.6) is 0 Å². The van der Waals surface area contributed by atoms with Gasteiger partial charge in [-0.25, -0.2) is 4.79 Å². The molecule has 9 nitrogen and oxygen atoms in total. The van der Waals surface area contributed by atoms with E-state index in [4.69, 9.17) is 13.7 Å². The van der Waals surface area contributed by atoms with Crippen LogP contribution in [0.25, 0.3) is 6.08 Å². The van der Waals surface area contributed by atoms with Crippen LogP contribution < -0.4 is 10.6 Å². The zero-order valence-corrected chi connectivity index (χ0v) is 18.7. The van der Waals surface area contributed by atoms with Crippen molar-refractivity contribution < 1.29 is 23.3 Å². The van der Waals surface area contributed by atoms with Crippen LogP contribution in [0.4, 0.5) is 9.80 Å². The third kappa shape index (κ3) is 5.51. The Hall–Kier alpha value is -3.84. The van der Waals surface area contributed by atoms with Crippen LogP contribution in [-0.4, -0.2) is 23.8 Å². The van der Waals surface area contributed by atoms with E-state index in [0.29, 0.717) is 29.2 Å². The van der Waals surface area contributed by atoms with E-state index in [0.717, 1.165) is 28.1 Å². The van der Waals surface area contributed by atoms with Crippen LogP contribution in [0.15, 0.2) is 39.7 Å². The summed E-state index contributed by atoms with van der Waals surface area (Å²) in [6.45, 7) is 2.37. The van der Waals surface area contributed by atoms with Gasteiger partial charge in [0.1, 0.15) is 23.1 Å². The number of carbonyl (C=O) groups excluding carboxylic acids is 2. The molecule has 0 saturated carbocycles. The number of thiophene rings is 1. The molecule has 2 amide bonds. The highest BCUT2D eigenvalue weighted by Gasteiger charge is 2.27. The number of carbonyl (C=O) groups is 2. The summed E-state index contributed by atoms with van der Waals surface area (Å²) in [7, 11) is 0. The zero-order valence-electron chi connectivity index (χ0n) is 17.9. The Labute approximate surface area is 194 Å². The molecule has 3 aromatic heterocycles. The lowest BCUT2D eigenvalue weighted by Crippen LogP contribution is -2.27. The van der Waals surface area contributed by atoms with Crippen molar-refractivity contribution in [3.05, 3.63) is 63.8 Å². The van der Waals surface area contributed by atoms with Crippen LogP contribution in [0.2, 0.25) is 0 Å². The molecule has 170 valence electrons. The number of nitrogens with one attached hydrogen (secondary N) is 2. The van der Waals surface area contributed by atoms with Gasteiger partial charge in [-0.2, -0.15) is 5.26 Å². The number of nitriles is 1. The summed E-state index contributed by atoms with van der Waals surface area (Å²) in [6, 6.07) is 5.70. The number of nitrogens with zero attached hydrogens (tertiary/aromatic N) is 2. The Morgan fingerprint density at radius 3 is 3.06 bits per heavy atom. The number of ether oxygens (including phenoxy) is 1. The van der Waals surface area contributed by atoms with Gasteiger partial charge in [0.05, 0.1) is 30.7 Å². The lowest BCUT2D eigenvalue weighted by molar-refractivity contribution is -0.111. The maximum Gasteiger partial charge on any atom is 0.407 e. The monoisotopic (exact) mass is 466 g/mol. The summed E-state index contributed by atoms with van der Waals surface area (Å²) in [5.74, 6) is 0.383. The first-order chi connectivity index (χ1) is 16.0. The number of aromatic nitrogens is 1. The zero-order chi connectivity index (χ0) is 23.2. The van der Waals surface area contributed by atoms with Gasteiger partial charge in [0.15, 0.2) is 0 Å². The molecule has 3 heterocycles. The van der Waals surface area contributed by atoms with Gasteiger partial charge < -0.3 is 24.3 Å². The van der Waals surface area contributed by atoms with Crippen LogP contribution in [0.3, 0.4) is 0 Å². The fourth-order valence-corrected chi connectivity index (χ4v) is 4.91. The number of hydrogen-bond acceptors (Lipinski definition) is 8. The Morgan fingerprint density at radius 2 is 2.33 bits per heavy atom. The number of alkyl carbamates (subject to hydrolysis) is 1. The minimum atomic E-state index is -0.499. The van der Waals surface area contributed by atoms with Gasteiger partial charge >= 0.3 is 6.09 Å². The molecule has 2 N–H and O–H groups in total. The summed E-state index contributed by atoms with van der Waals surface area (Å²) in [4.78, 5) is 25.3. The molecule has 0 saturated heterocycles. The van der Waals surface area contributed by atoms with Crippen molar-refractivity contribution in [1.29, 1.82) is 5.26 Å². The molecule has 0 aliphatic heterocycles. The second-order valence-corrected chi connectivity index (χ2v) is 8.75. The normalized spacial score (nSPS) is 15.1. The molecule has 3 aromatic rings. The summed E-state index contributed by atoms with van der Waals surface area (Å²) in [5.41, 5.74) is 3.00. The van der Waals surface area contributed by atoms with E-state index in [9.17, 15) is 14.9 Å². The minimum Gasteiger partial charge on any atom is -0.465 e. The van der Waals surface area contributed by atoms with Gasteiger partial charge in [0.2, 0.25) is 5.91 Å². The summed E-state index contributed by atoms with van der Waals surface area (Å²) in [5, 5.41) is 19.4. The van der Waals surface area contributed by atoms with Crippen LogP contribution in [0, 0.1) is 24.2 Å². The molecule has 10 heteroatoms. The van der Waals surface area contributed by atoms with E-state index >= 15 is 0 Å². The maximum absolute atomic E-state index is 12.3. The Kier molecular flexibility index (Phi) is 6.90. The average molecular weight is 467 g/mol. The highest BCUT2D eigenvalue weighted by atomic mass is 32.1. The van der Waals surface area contributed by atoms with Crippen molar-refractivity contribution in [2.45, 2.75) is 32.7 Å². The Morgan fingerprint density at radius 1 is 1.45 bits per heavy atom.